The van der Waals surface area contributed by atoms with Crippen LogP contribution in [0.5, 0.6) is 0 Å². The van der Waals surface area contributed by atoms with E-state index in [2.05, 4.69) is 18.7 Å². The Balaban J connectivity index is 2.48. The van der Waals surface area contributed by atoms with Gasteiger partial charge in [0.15, 0.2) is 0 Å². The summed E-state index contributed by atoms with van der Waals surface area (Å²) in [6, 6.07) is 1.19. The molecule has 76 valence electrons. The number of hydrogen-bond acceptors (Lipinski definition) is 2. The number of rotatable bonds is 3. The molecule has 0 aromatic rings. The normalized spacial score (nSPS) is 30.4. The van der Waals surface area contributed by atoms with Gasteiger partial charge in [0, 0.05) is 18.5 Å². The lowest BCUT2D eigenvalue weighted by Crippen LogP contribution is -2.46. The van der Waals surface area contributed by atoms with E-state index in [4.69, 9.17) is 0 Å². The van der Waals surface area contributed by atoms with Crippen LogP contribution in [0.25, 0.3) is 0 Å². The lowest BCUT2D eigenvalue weighted by Gasteiger charge is -2.38. The number of piperidine rings is 1. The number of likely N-dealkylation sites (tertiary alicyclic amines) is 1. The molecule has 2 heteroatoms. The minimum Gasteiger partial charge on any atom is -0.298 e. The first kappa shape index (κ1) is 10.7. The van der Waals surface area contributed by atoms with E-state index in [0.29, 0.717) is 30.8 Å². The average molecular weight is 183 g/mol. The molecule has 0 N–H and O–H groups in total. The Bertz CT molecular complexity index is 169. The topological polar surface area (TPSA) is 20.3 Å². The Kier molecular flexibility index (Phi) is 3.91. The van der Waals surface area contributed by atoms with Gasteiger partial charge in [-0.2, -0.15) is 0 Å². The summed E-state index contributed by atoms with van der Waals surface area (Å²) in [4.78, 5) is 13.7. The van der Waals surface area contributed by atoms with Crippen molar-refractivity contribution in [3.8, 4) is 0 Å². The third-order valence-corrected chi connectivity index (χ3v) is 3.13. The zero-order valence-electron chi connectivity index (χ0n) is 9.05. The third kappa shape index (κ3) is 2.80. The molecule has 2 unspecified atom stereocenters. The van der Waals surface area contributed by atoms with E-state index in [1.807, 2.05) is 6.92 Å². The first-order valence-corrected chi connectivity index (χ1v) is 5.42. The number of nitrogens with zero attached hydrogens (tertiary/aromatic N) is 1. The van der Waals surface area contributed by atoms with E-state index in [1.165, 1.54) is 19.3 Å². The van der Waals surface area contributed by atoms with Crippen molar-refractivity contribution >= 4 is 5.78 Å². The van der Waals surface area contributed by atoms with Crippen LogP contribution in [0.4, 0.5) is 0 Å². The summed E-state index contributed by atoms with van der Waals surface area (Å²) in [5.74, 6) is 0.376. The third-order valence-electron chi connectivity index (χ3n) is 3.13. The maximum atomic E-state index is 11.3. The second-order valence-electron chi connectivity index (χ2n) is 4.19. The molecule has 2 atom stereocenters. The van der Waals surface area contributed by atoms with Gasteiger partial charge in [-0.05, 0) is 26.7 Å². The molecular weight excluding hydrogens is 162 g/mol. The van der Waals surface area contributed by atoms with Crippen molar-refractivity contribution < 1.29 is 4.79 Å². The zero-order valence-corrected chi connectivity index (χ0v) is 9.05. The fourth-order valence-electron chi connectivity index (χ4n) is 2.10. The molecule has 0 spiro atoms. The molecule has 0 radical (unpaired) electrons. The highest BCUT2D eigenvalue weighted by Gasteiger charge is 2.25. The second-order valence-corrected chi connectivity index (χ2v) is 4.19. The summed E-state index contributed by atoms with van der Waals surface area (Å²) in [6.45, 7) is 7.08. The molecule has 1 heterocycles. The van der Waals surface area contributed by atoms with E-state index in [0.717, 1.165) is 0 Å². The lowest BCUT2D eigenvalue weighted by molar-refractivity contribution is -0.121. The number of carbonyl (C=O) groups excluding carboxylic acids is 1. The Hall–Kier alpha value is -0.370. The molecule has 1 aliphatic heterocycles. The highest BCUT2D eigenvalue weighted by molar-refractivity contribution is 5.80. The summed E-state index contributed by atoms with van der Waals surface area (Å²) in [6.07, 6.45) is 4.50. The van der Waals surface area contributed by atoms with Gasteiger partial charge < -0.3 is 0 Å². The van der Waals surface area contributed by atoms with E-state index in [9.17, 15) is 4.79 Å². The Labute approximate surface area is 81.3 Å². The zero-order chi connectivity index (χ0) is 9.84. The number of Topliss-reactive ketones (excluding diaryl/α,β-unsaturated/α-hetero) is 1. The van der Waals surface area contributed by atoms with Crippen molar-refractivity contribution in [1.82, 2.24) is 4.90 Å². The quantitative estimate of drug-likeness (QED) is 0.668. The van der Waals surface area contributed by atoms with Crippen LogP contribution < -0.4 is 0 Å². The Morgan fingerprint density at radius 3 is 2.31 bits per heavy atom. The maximum Gasteiger partial charge on any atom is 0.146 e. The minimum atomic E-state index is 0.376. The summed E-state index contributed by atoms with van der Waals surface area (Å²) >= 11 is 0. The highest BCUT2D eigenvalue weighted by Crippen LogP contribution is 2.21. The molecule has 1 saturated heterocycles. The fraction of sp³-hybridized carbons (Fsp3) is 0.909. The van der Waals surface area contributed by atoms with Gasteiger partial charge in [-0.15, -0.1) is 0 Å². The molecule has 1 aliphatic rings. The Morgan fingerprint density at radius 2 is 1.85 bits per heavy atom. The first-order chi connectivity index (χ1) is 6.15. The number of hydrogen-bond donors (Lipinski definition) is 0. The molecule has 0 saturated carbocycles. The van der Waals surface area contributed by atoms with E-state index < -0.39 is 0 Å². The van der Waals surface area contributed by atoms with Crippen LogP contribution in [0, 0.1) is 0 Å². The van der Waals surface area contributed by atoms with Crippen molar-refractivity contribution in [2.24, 2.45) is 0 Å². The van der Waals surface area contributed by atoms with Gasteiger partial charge in [-0.1, -0.05) is 13.3 Å². The van der Waals surface area contributed by atoms with Crippen LogP contribution in [-0.4, -0.2) is 29.3 Å². The predicted molar refractivity (Wildman–Crippen MR) is 54.8 cm³/mol. The summed E-state index contributed by atoms with van der Waals surface area (Å²) in [5.41, 5.74) is 0. The predicted octanol–water partition coefficient (Wildman–Crippen LogP) is 2.23. The second kappa shape index (κ2) is 4.75. The minimum absolute atomic E-state index is 0.376. The molecule has 1 fully saturated rings. The van der Waals surface area contributed by atoms with E-state index in [-0.39, 0.29) is 0 Å². The van der Waals surface area contributed by atoms with E-state index in [1.54, 1.807) is 0 Å². The van der Waals surface area contributed by atoms with Crippen molar-refractivity contribution in [3.05, 3.63) is 0 Å². The van der Waals surface area contributed by atoms with Gasteiger partial charge in [0.2, 0.25) is 0 Å². The molecule has 2 nitrogen and oxygen atoms in total. The van der Waals surface area contributed by atoms with Gasteiger partial charge in [0.25, 0.3) is 0 Å². The lowest BCUT2D eigenvalue weighted by atomic mass is 9.97. The van der Waals surface area contributed by atoms with Crippen molar-refractivity contribution in [1.29, 1.82) is 0 Å². The van der Waals surface area contributed by atoms with Crippen LogP contribution in [0.15, 0.2) is 0 Å². The van der Waals surface area contributed by atoms with Gasteiger partial charge >= 0.3 is 0 Å². The summed E-state index contributed by atoms with van der Waals surface area (Å²) in [7, 11) is 0. The molecule has 13 heavy (non-hydrogen) atoms. The molecule has 0 aromatic heterocycles. The standard InChI is InChI=1S/C11H21NO/c1-4-11(13)8-12-9(2)6-5-7-10(12)3/h9-10H,4-8H2,1-3H3. The summed E-state index contributed by atoms with van der Waals surface area (Å²) in [5, 5.41) is 0. The van der Waals surface area contributed by atoms with Crippen LogP contribution in [0.2, 0.25) is 0 Å². The van der Waals surface area contributed by atoms with Gasteiger partial charge in [-0.25, -0.2) is 0 Å². The SMILES string of the molecule is CCC(=O)CN1C(C)CCCC1C. The maximum absolute atomic E-state index is 11.3. The summed E-state index contributed by atoms with van der Waals surface area (Å²) < 4.78 is 0. The molecular formula is C11H21NO. The largest absolute Gasteiger partial charge is 0.298 e. The van der Waals surface area contributed by atoms with Gasteiger partial charge in [0.05, 0.1) is 6.54 Å². The van der Waals surface area contributed by atoms with Crippen LogP contribution in [-0.2, 0) is 4.79 Å². The van der Waals surface area contributed by atoms with Gasteiger partial charge in [-0.3, -0.25) is 9.69 Å². The molecule has 1 rings (SSSR count). The van der Waals surface area contributed by atoms with E-state index >= 15 is 0 Å². The Morgan fingerprint density at radius 1 is 1.31 bits per heavy atom. The number of ketones is 1. The molecule has 0 bridgehead atoms. The van der Waals surface area contributed by atoms with Crippen molar-refractivity contribution in [3.63, 3.8) is 0 Å². The van der Waals surface area contributed by atoms with Crippen LogP contribution in [0.3, 0.4) is 0 Å². The number of carbonyl (C=O) groups is 1. The van der Waals surface area contributed by atoms with Crippen molar-refractivity contribution in [2.45, 2.75) is 58.5 Å². The highest BCUT2D eigenvalue weighted by atomic mass is 16.1. The van der Waals surface area contributed by atoms with Crippen LogP contribution in [0.1, 0.15) is 46.5 Å². The first-order valence-electron chi connectivity index (χ1n) is 5.42. The molecule has 0 amide bonds. The van der Waals surface area contributed by atoms with Crippen LogP contribution >= 0.6 is 0 Å². The monoisotopic (exact) mass is 183 g/mol. The van der Waals surface area contributed by atoms with Gasteiger partial charge in [0.1, 0.15) is 5.78 Å². The molecule has 0 aromatic carbocycles. The fourth-order valence-corrected chi connectivity index (χ4v) is 2.10. The average Bonchev–Trinajstić information content (AvgIpc) is 2.11. The molecule has 0 aliphatic carbocycles. The smallest absolute Gasteiger partial charge is 0.146 e. The van der Waals surface area contributed by atoms with Crippen molar-refractivity contribution in [2.75, 3.05) is 6.54 Å².